The summed E-state index contributed by atoms with van der Waals surface area (Å²) in [7, 11) is 0. The molecule has 2 rings (SSSR count). The number of rotatable bonds is 4. The lowest BCUT2D eigenvalue weighted by molar-refractivity contribution is 0.656. The Labute approximate surface area is 121 Å². The number of benzene rings is 1. The molecule has 1 heterocycles. The molecule has 1 aromatic carbocycles. The molecule has 0 bridgehead atoms. The maximum atomic E-state index is 6.14. The zero-order valence-corrected chi connectivity index (χ0v) is 12.3. The van der Waals surface area contributed by atoms with E-state index in [1.165, 1.54) is 0 Å². The van der Waals surface area contributed by atoms with Crippen molar-refractivity contribution in [3.63, 3.8) is 0 Å². The maximum absolute atomic E-state index is 6.14. The van der Waals surface area contributed by atoms with E-state index in [1.54, 1.807) is 17.4 Å². The molecule has 5 heteroatoms. The van der Waals surface area contributed by atoms with E-state index in [0.717, 1.165) is 22.7 Å². The molecule has 0 spiro atoms. The summed E-state index contributed by atoms with van der Waals surface area (Å²) in [5, 5.41) is 4.29. The standard InChI is InChI=1S/C13H14Cl2N2S/c1-8-17-11(7-18-8)6-10(16)5-9-3-2-4-12(14)13(9)15/h2-4,7,10H,5-6,16H2,1H3. The van der Waals surface area contributed by atoms with Gasteiger partial charge in [-0.15, -0.1) is 11.3 Å². The molecule has 2 nitrogen and oxygen atoms in total. The van der Waals surface area contributed by atoms with Gasteiger partial charge in [-0.3, -0.25) is 0 Å². The molecule has 0 saturated heterocycles. The van der Waals surface area contributed by atoms with Crippen LogP contribution in [0.3, 0.4) is 0 Å². The quantitative estimate of drug-likeness (QED) is 0.931. The van der Waals surface area contributed by atoms with Crippen LogP contribution in [0.15, 0.2) is 23.6 Å². The summed E-state index contributed by atoms with van der Waals surface area (Å²) in [5.41, 5.74) is 8.16. The van der Waals surface area contributed by atoms with Crippen LogP contribution < -0.4 is 5.73 Å². The van der Waals surface area contributed by atoms with E-state index in [-0.39, 0.29) is 6.04 Å². The van der Waals surface area contributed by atoms with Crippen LogP contribution in [0.5, 0.6) is 0 Å². The Bertz CT molecular complexity index is 540. The summed E-state index contributed by atoms with van der Waals surface area (Å²) in [4.78, 5) is 4.41. The van der Waals surface area contributed by atoms with E-state index in [1.807, 2.05) is 19.1 Å². The summed E-state index contributed by atoms with van der Waals surface area (Å²) in [6.45, 7) is 1.99. The molecule has 0 saturated carbocycles. The van der Waals surface area contributed by atoms with E-state index < -0.39 is 0 Å². The predicted molar refractivity (Wildman–Crippen MR) is 78.7 cm³/mol. The second-order valence-corrected chi connectivity index (χ2v) is 6.09. The Morgan fingerprint density at radius 2 is 2.11 bits per heavy atom. The van der Waals surface area contributed by atoms with Crippen LogP contribution in [0.25, 0.3) is 0 Å². The van der Waals surface area contributed by atoms with Gasteiger partial charge in [0.15, 0.2) is 0 Å². The highest BCUT2D eigenvalue weighted by molar-refractivity contribution is 7.09. The Morgan fingerprint density at radius 3 is 2.78 bits per heavy atom. The van der Waals surface area contributed by atoms with E-state index >= 15 is 0 Å². The van der Waals surface area contributed by atoms with Gasteiger partial charge in [0.05, 0.1) is 20.7 Å². The highest BCUT2D eigenvalue weighted by Crippen LogP contribution is 2.26. The van der Waals surface area contributed by atoms with Gasteiger partial charge in [-0.1, -0.05) is 35.3 Å². The summed E-state index contributed by atoms with van der Waals surface area (Å²) < 4.78 is 0. The van der Waals surface area contributed by atoms with Gasteiger partial charge >= 0.3 is 0 Å². The summed E-state index contributed by atoms with van der Waals surface area (Å²) in [5.74, 6) is 0. The summed E-state index contributed by atoms with van der Waals surface area (Å²) >= 11 is 13.8. The minimum absolute atomic E-state index is 0.00228. The van der Waals surface area contributed by atoms with Crippen molar-refractivity contribution in [1.29, 1.82) is 0 Å². The van der Waals surface area contributed by atoms with E-state index in [0.29, 0.717) is 16.5 Å². The van der Waals surface area contributed by atoms with Gasteiger partial charge in [0, 0.05) is 17.8 Å². The normalized spacial score (nSPS) is 12.7. The van der Waals surface area contributed by atoms with Gasteiger partial charge in [-0.25, -0.2) is 4.98 Å². The molecule has 96 valence electrons. The summed E-state index contributed by atoms with van der Waals surface area (Å²) in [6, 6.07) is 5.63. The monoisotopic (exact) mass is 300 g/mol. The van der Waals surface area contributed by atoms with Crippen molar-refractivity contribution in [3.05, 3.63) is 49.9 Å². The number of aryl methyl sites for hydroxylation is 1. The number of aromatic nitrogens is 1. The molecule has 2 aromatic rings. The fourth-order valence-corrected chi connectivity index (χ4v) is 2.85. The van der Waals surface area contributed by atoms with Crippen LogP contribution in [0, 0.1) is 6.92 Å². The largest absolute Gasteiger partial charge is 0.327 e. The average molecular weight is 301 g/mol. The first kappa shape index (κ1) is 13.8. The van der Waals surface area contributed by atoms with Gasteiger partial charge in [0.1, 0.15) is 0 Å². The van der Waals surface area contributed by atoms with Crippen LogP contribution in [0.1, 0.15) is 16.3 Å². The van der Waals surface area contributed by atoms with E-state index in [9.17, 15) is 0 Å². The summed E-state index contributed by atoms with van der Waals surface area (Å²) in [6.07, 6.45) is 1.46. The fourth-order valence-electron chi connectivity index (χ4n) is 1.83. The first-order valence-corrected chi connectivity index (χ1v) is 7.29. The highest BCUT2D eigenvalue weighted by atomic mass is 35.5. The molecule has 0 aliphatic heterocycles. The first-order valence-electron chi connectivity index (χ1n) is 5.65. The molecule has 18 heavy (non-hydrogen) atoms. The van der Waals surface area contributed by atoms with Crippen LogP contribution in [-0.4, -0.2) is 11.0 Å². The SMILES string of the molecule is Cc1nc(CC(N)Cc2cccc(Cl)c2Cl)cs1. The van der Waals surface area contributed by atoms with Gasteiger partial charge in [-0.2, -0.15) is 0 Å². The molecule has 1 unspecified atom stereocenters. The second kappa shape index (κ2) is 6.02. The lowest BCUT2D eigenvalue weighted by Crippen LogP contribution is -2.25. The average Bonchev–Trinajstić information content (AvgIpc) is 2.70. The Hall–Kier alpha value is -0.610. The number of hydrogen-bond acceptors (Lipinski definition) is 3. The number of hydrogen-bond donors (Lipinski definition) is 1. The third kappa shape index (κ3) is 3.45. The second-order valence-electron chi connectivity index (χ2n) is 4.24. The van der Waals surface area contributed by atoms with Crippen molar-refractivity contribution < 1.29 is 0 Å². The number of halogens is 2. The Kier molecular flexibility index (Phi) is 4.62. The molecule has 1 aromatic heterocycles. The van der Waals surface area contributed by atoms with Gasteiger partial charge in [0.25, 0.3) is 0 Å². The highest BCUT2D eigenvalue weighted by Gasteiger charge is 2.11. The molecule has 0 aliphatic carbocycles. The van der Waals surface area contributed by atoms with Crippen molar-refractivity contribution >= 4 is 34.5 Å². The van der Waals surface area contributed by atoms with Crippen LogP contribution >= 0.6 is 34.5 Å². The van der Waals surface area contributed by atoms with Crippen molar-refractivity contribution in [2.75, 3.05) is 0 Å². The molecule has 0 aliphatic rings. The number of thiazole rings is 1. The van der Waals surface area contributed by atoms with E-state index in [2.05, 4.69) is 10.4 Å². The Morgan fingerprint density at radius 1 is 1.33 bits per heavy atom. The third-order valence-electron chi connectivity index (χ3n) is 2.65. The molecular weight excluding hydrogens is 287 g/mol. The Balaban J connectivity index is 2.03. The van der Waals surface area contributed by atoms with Crippen LogP contribution in [-0.2, 0) is 12.8 Å². The lowest BCUT2D eigenvalue weighted by atomic mass is 10.0. The van der Waals surface area contributed by atoms with Crippen molar-refractivity contribution in [2.24, 2.45) is 5.73 Å². The molecule has 0 radical (unpaired) electrons. The zero-order chi connectivity index (χ0) is 13.1. The lowest BCUT2D eigenvalue weighted by Gasteiger charge is -2.12. The molecule has 1 atom stereocenters. The molecule has 0 fully saturated rings. The third-order valence-corrected chi connectivity index (χ3v) is 4.33. The molecule has 2 N–H and O–H groups in total. The van der Waals surface area contributed by atoms with Gasteiger partial charge in [-0.05, 0) is 25.0 Å². The molecule has 0 amide bonds. The van der Waals surface area contributed by atoms with E-state index in [4.69, 9.17) is 28.9 Å². The fraction of sp³-hybridized carbons (Fsp3) is 0.308. The number of nitrogens with zero attached hydrogens (tertiary/aromatic N) is 1. The maximum Gasteiger partial charge on any atom is 0.0897 e. The molecular formula is C13H14Cl2N2S. The minimum Gasteiger partial charge on any atom is -0.327 e. The van der Waals surface area contributed by atoms with Gasteiger partial charge in [0.2, 0.25) is 0 Å². The smallest absolute Gasteiger partial charge is 0.0897 e. The van der Waals surface area contributed by atoms with Crippen molar-refractivity contribution in [2.45, 2.75) is 25.8 Å². The first-order chi connectivity index (χ1) is 8.56. The topological polar surface area (TPSA) is 38.9 Å². The van der Waals surface area contributed by atoms with Crippen LogP contribution in [0.2, 0.25) is 10.0 Å². The van der Waals surface area contributed by atoms with Crippen molar-refractivity contribution in [3.8, 4) is 0 Å². The number of nitrogens with two attached hydrogens (primary N) is 1. The van der Waals surface area contributed by atoms with Crippen molar-refractivity contribution in [1.82, 2.24) is 4.98 Å². The van der Waals surface area contributed by atoms with Gasteiger partial charge < -0.3 is 5.73 Å². The predicted octanol–water partition coefficient (Wildman–Crippen LogP) is 3.87. The zero-order valence-electron chi connectivity index (χ0n) is 9.99. The van der Waals surface area contributed by atoms with Crippen LogP contribution in [0.4, 0.5) is 0 Å². The minimum atomic E-state index is 0.00228.